The van der Waals surface area contributed by atoms with Crippen LogP contribution in [-0.2, 0) is 0 Å². The molecule has 0 aliphatic heterocycles. The third kappa shape index (κ3) is 1.44. The first-order chi connectivity index (χ1) is 11.4. The molecule has 0 radical (unpaired) electrons. The molecule has 24 heavy (non-hydrogen) atoms. The van der Waals surface area contributed by atoms with Crippen molar-refractivity contribution in [2.24, 2.45) is 0 Å². The van der Waals surface area contributed by atoms with Gasteiger partial charge in [-0.25, -0.2) is 0 Å². The van der Waals surface area contributed by atoms with Crippen molar-refractivity contribution in [3.05, 3.63) is 44.2 Å². The highest BCUT2D eigenvalue weighted by Crippen LogP contribution is 2.42. The highest BCUT2D eigenvalue weighted by atomic mass is 32.1. The number of hydrogen-bond donors (Lipinski definition) is 2. The highest BCUT2D eigenvalue weighted by molar-refractivity contribution is 7.19. The van der Waals surface area contributed by atoms with Gasteiger partial charge in [0, 0.05) is 41.7 Å². The number of halogens is 2. The summed E-state index contributed by atoms with van der Waals surface area (Å²) in [6, 6.07) is 2.82. The van der Waals surface area contributed by atoms with Gasteiger partial charge in [0.2, 0.25) is 0 Å². The van der Waals surface area contributed by atoms with Gasteiger partial charge in [-0.15, -0.1) is 22.7 Å². The van der Waals surface area contributed by atoms with Crippen molar-refractivity contribution < 1.29 is 8.78 Å². The maximum Gasteiger partial charge on any atom is 0.177 e. The van der Waals surface area contributed by atoms with E-state index in [9.17, 15) is 8.78 Å². The molecule has 6 heteroatoms. The van der Waals surface area contributed by atoms with Crippen LogP contribution >= 0.6 is 22.7 Å². The Labute approximate surface area is 142 Å². The minimum absolute atomic E-state index is 0.302. The molecule has 0 saturated heterocycles. The molecule has 118 valence electrons. The molecule has 0 fully saturated rings. The zero-order chi connectivity index (χ0) is 16.9. The normalized spacial score (nSPS) is 12.5. The van der Waals surface area contributed by atoms with Crippen LogP contribution in [0.25, 0.3) is 41.7 Å². The third-order valence-corrected chi connectivity index (χ3v) is 6.78. The van der Waals surface area contributed by atoms with E-state index in [1.54, 1.807) is 0 Å². The first kappa shape index (κ1) is 14.2. The van der Waals surface area contributed by atoms with E-state index < -0.39 is 0 Å². The Morgan fingerprint density at radius 1 is 0.708 bits per heavy atom. The summed E-state index contributed by atoms with van der Waals surface area (Å²) < 4.78 is 29.0. The Morgan fingerprint density at radius 3 is 1.46 bits per heavy atom. The molecule has 0 atom stereocenters. The Kier molecular flexibility index (Phi) is 2.52. The summed E-state index contributed by atoms with van der Waals surface area (Å²) in [4.78, 5) is 0. The fraction of sp³-hybridized carbons (Fsp3) is 0.111. The first-order valence-electron chi connectivity index (χ1n) is 7.35. The lowest BCUT2D eigenvalue weighted by Gasteiger charge is -2.06. The van der Waals surface area contributed by atoms with Gasteiger partial charge in [-0.05, 0) is 37.1 Å². The Morgan fingerprint density at radius 2 is 1.08 bits per heavy atom. The number of aryl methyl sites for hydroxylation is 2. The molecule has 0 spiro atoms. The number of rotatable bonds is 0. The van der Waals surface area contributed by atoms with Crippen molar-refractivity contribution in [3.8, 4) is 0 Å². The molecule has 2 aromatic heterocycles. The summed E-state index contributed by atoms with van der Waals surface area (Å²) >= 11 is 2.09. The van der Waals surface area contributed by atoms with Crippen LogP contribution in [-0.4, -0.2) is 0 Å². The average molecular weight is 356 g/mol. The molecule has 0 unspecified atom stereocenters. The van der Waals surface area contributed by atoms with Gasteiger partial charge in [0.05, 0.1) is 10.7 Å². The fourth-order valence-electron chi connectivity index (χ4n) is 3.93. The lowest BCUT2D eigenvalue weighted by atomic mass is 9.98. The molecule has 2 heterocycles. The number of benzene rings is 1. The van der Waals surface area contributed by atoms with Gasteiger partial charge in [0.25, 0.3) is 0 Å². The van der Waals surface area contributed by atoms with Crippen LogP contribution in [0.3, 0.4) is 0 Å². The molecule has 0 saturated carbocycles. The van der Waals surface area contributed by atoms with Gasteiger partial charge in [-0.3, -0.25) is 10.8 Å². The maximum atomic E-state index is 13.7. The predicted molar refractivity (Wildman–Crippen MR) is 95.7 cm³/mol. The number of hydrogen-bond acceptors (Lipinski definition) is 4. The standard InChI is InChI=1S/C18H10F2N2S2/c1-5-11-14(18-7(15(11)21)3-10(20)24-18)6(2)12-13(5)17-8(16(12)22)4-9(19)23-17/h3-4,21-22H,1-2H3. The SMILES string of the molecule is Cc1c2c(=N)c3cc(F)sc3c2c(C)c2c(=N)c3cc(F)sc3c12. The summed E-state index contributed by atoms with van der Waals surface area (Å²) in [5.41, 5.74) is 1.76. The second-order valence-corrected chi connectivity index (χ2v) is 8.09. The Hall–Kier alpha value is -2.18. The van der Waals surface area contributed by atoms with Gasteiger partial charge >= 0.3 is 0 Å². The molecule has 5 aromatic rings. The molecule has 3 aromatic carbocycles. The maximum absolute atomic E-state index is 13.7. The van der Waals surface area contributed by atoms with Gasteiger partial charge < -0.3 is 0 Å². The van der Waals surface area contributed by atoms with Crippen molar-refractivity contribution in [1.82, 2.24) is 0 Å². The minimum Gasteiger partial charge on any atom is -0.300 e. The lowest BCUT2D eigenvalue weighted by Crippen LogP contribution is -2.00. The quantitative estimate of drug-likeness (QED) is 0.385. The van der Waals surface area contributed by atoms with E-state index in [1.165, 1.54) is 12.1 Å². The Balaban J connectivity index is 2.22. The van der Waals surface area contributed by atoms with Crippen LogP contribution in [0.4, 0.5) is 8.78 Å². The van der Waals surface area contributed by atoms with Crippen molar-refractivity contribution in [1.29, 1.82) is 10.8 Å². The van der Waals surface area contributed by atoms with Gasteiger partial charge in [-0.1, -0.05) is 0 Å². The van der Waals surface area contributed by atoms with E-state index in [-0.39, 0.29) is 10.3 Å². The number of fused-ring (bicyclic) bond motifs is 6. The number of thiophene rings is 2. The topological polar surface area (TPSA) is 47.7 Å². The van der Waals surface area contributed by atoms with Crippen LogP contribution in [0, 0.1) is 34.9 Å². The molecule has 5 rings (SSSR count). The lowest BCUT2D eigenvalue weighted by molar-refractivity contribution is 0.658. The smallest absolute Gasteiger partial charge is 0.177 e. The molecule has 2 nitrogen and oxygen atoms in total. The monoisotopic (exact) mass is 356 g/mol. The summed E-state index contributed by atoms with van der Waals surface area (Å²) in [6.45, 7) is 3.83. The second-order valence-electron chi connectivity index (χ2n) is 6.09. The van der Waals surface area contributed by atoms with E-state index in [0.29, 0.717) is 21.5 Å². The van der Waals surface area contributed by atoms with Crippen LogP contribution in [0.1, 0.15) is 11.1 Å². The van der Waals surface area contributed by atoms with E-state index in [0.717, 1.165) is 64.7 Å². The average Bonchev–Trinajstić information content (AvgIpc) is 3.20. The summed E-state index contributed by atoms with van der Waals surface area (Å²) in [6.07, 6.45) is 0. The zero-order valence-corrected chi connectivity index (χ0v) is 14.4. The van der Waals surface area contributed by atoms with Gasteiger partial charge in [0.1, 0.15) is 0 Å². The molecular formula is C18H10F2N2S2. The number of nitrogens with one attached hydrogen (secondary N) is 2. The van der Waals surface area contributed by atoms with Crippen molar-refractivity contribution in [2.45, 2.75) is 13.8 Å². The first-order valence-corrected chi connectivity index (χ1v) is 8.98. The van der Waals surface area contributed by atoms with Crippen LogP contribution in [0.15, 0.2) is 12.1 Å². The summed E-state index contributed by atoms with van der Waals surface area (Å²) in [5, 5.41) is 21.5. The van der Waals surface area contributed by atoms with Crippen LogP contribution in [0.5, 0.6) is 0 Å². The summed E-state index contributed by atoms with van der Waals surface area (Å²) in [5.74, 6) is 0. The largest absolute Gasteiger partial charge is 0.300 e. The van der Waals surface area contributed by atoms with Gasteiger partial charge in [-0.2, -0.15) is 8.78 Å². The van der Waals surface area contributed by atoms with Crippen molar-refractivity contribution >= 4 is 64.4 Å². The van der Waals surface area contributed by atoms with Crippen molar-refractivity contribution in [2.75, 3.05) is 0 Å². The molecule has 2 N–H and O–H groups in total. The highest BCUT2D eigenvalue weighted by Gasteiger charge is 2.23. The zero-order valence-electron chi connectivity index (χ0n) is 12.7. The third-order valence-electron chi connectivity index (χ3n) is 4.90. The molecule has 0 aliphatic rings. The van der Waals surface area contributed by atoms with E-state index >= 15 is 0 Å². The fourth-order valence-corrected chi connectivity index (χ4v) is 5.93. The minimum atomic E-state index is -0.302. The molecular weight excluding hydrogens is 346 g/mol. The van der Waals surface area contributed by atoms with Gasteiger partial charge in [0.15, 0.2) is 10.3 Å². The van der Waals surface area contributed by atoms with Crippen molar-refractivity contribution in [3.63, 3.8) is 0 Å². The van der Waals surface area contributed by atoms with E-state index in [1.807, 2.05) is 13.8 Å². The van der Waals surface area contributed by atoms with E-state index in [4.69, 9.17) is 10.8 Å². The molecule has 0 bridgehead atoms. The van der Waals surface area contributed by atoms with Crippen LogP contribution in [0.2, 0.25) is 0 Å². The molecule has 0 amide bonds. The summed E-state index contributed by atoms with van der Waals surface area (Å²) in [7, 11) is 0. The molecule has 0 aliphatic carbocycles. The Bertz CT molecular complexity index is 1320. The van der Waals surface area contributed by atoms with Crippen LogP contribution < -0.4 is 10.7 Å². The second kappa shape index (κ2) is 4.26. The van der Waals surface area contributed by atoms with E-state index in [2.05, 4.69) is 0 Å². The predicted octanol–water partition coefficient (Wildman–Crippen LogP) is 5.15.